The van der Waals surface area contributed by atoms with Crippen molar-refractivity contribution in [2.75, 3.05) is 19.7 Å². The number of benzene rings is 1. The molecule has 0 unspecified atom stereocenters. The highest BCUT2D eigenvalue weighted by molar-refractivity contribution is 5.94. The predicted molar refractivity (Wildman–Crippen MR) is 104 cm³/mol. The molecule has 9 nitrogen and oxygen atoms in total. The van der Waals surface area contributed by atoms with E-state index < -0.39 is 18.5 Å². The van der Waals surface area contributed by atoms with Gasteiger partial charge in [0.1, 0.15) is 5.69 Å². The maximum atomic E-state index is 12.4. The normalized spacial score (nSPS) is 10.2. The molecule has 0 spiro atoms. The highest BCUT2D eigenvalue weighted by Gasteiger charge is 2.17. The average Bonchev–Trinajstić information content (AvgIpc) is 2.72. The van der Waals surface area contributed by atoms with Crippen LogP contribution in [0.4, 0.5) is 0 Å². The largest absolute Gasteiger partial charge is 0.452 e. The topological polar surface area (TPSA) is 129 Å². The van der Waals surface area contributed by atoms with Crippen molar-refractivity contribution in [2.24, 2.45) is 0 Å². The second-order valence-corrected chi connectivity index (χ2v) is 6.22. The van der Waals surface area contributed by atoms with Crippen LogP contribution in [0, 0.1) is 29.6 Å². The van der Waals surface area contributed by atoms with Gasteiger partial charge in [-0.25, -0.2) is 9.78 Å². The lowest BCUT2D eigenvalue weighted by atomic mass is 10.2. The van der Waals surface area contributed by atoms with Crippen molar-refractivity contribution in [2.45, 2.75) is 33.2 Å². The number of ether oxygens (including phenoxy) is 1. The Morgan fingerprint density at radius 1 is 1.21 bits per heavy atom. The van der Waals surface area contributed by atoms with E-state index in [-0.39, 0.29) is 37.1 Å². The molecule has 2 aromatic rings. The standard InChI is InChI=1S/C20H21N5O4/c1-3-25-17-7-6-15(12-16(17)23-14(2)19(25)27)20(28)29-13-18(26)24(10-4-8-21)11-5-9-22/h6-7,12H,3-5,10-11,13H2,1-2H3. The molecule has 1 aromatic carbocycles. The Morgan fingerprint density at radius 3 is 2.45 bits per heavy atom. The molecule has 150 valence electrons. The quantitative estimate of drug-likeness (QED) is 0.620. The number of carbonyl (C=O) groups is 2. The van der Waals surface area contributed by atoms with Crippen LogP contribution in [-0.4, -0.2) is 46.0 Å². The van der Waals surface area contributed by atoms with Crippen LogP contribution in [0.15, 0.2) is 23.0 Å². The Labute approximate surface area is 167 Å². The van der Waals surface area contributed by atoms with Gasteiger partial charge >= 0.3 is 5.97 Å². The molecule has 0 fully saturated rings. The van der Waals surface area contributed by atoms with E-state index in [1.165, 1.54) is 17.0 Å². The lowest BCUT2D eigenvalue weighted by Gasteiger charge is -2.20. The Balaban J connectivity index is 2.14. The number of fused-ring (bicyclic) bond motifs is 1. The molecule has 0 bridgehead atoms. The number of nitriles is 2. The number of aromatic nitrogens is 2. The first-order chi connectivity index (χ1) is 13.9. The van der Waals surface area contributed by atoms with Crippen molar-refractivity contribution < 1.29 is 14.3 Å². The smallest absolute Gasteiger partial charge is 0.338 e. The number of amides is 1. The third-order valence-electron chi connectivity index (χ3n) is 4.33. The number of hydrogen-bond acceptors (Lipinski definition) is 7. The van der Waals surface area contributed by atoms with Gasteiger partial charge in [-0.3, -0.25) is 9.59 Å². The van der Waals surface area contributed by atoms with E-state index in [1.54, 1.807) is 17.6 Å². The third kappa shape index (κ3) is 5.17. The van der Waals surface area contributed by atoms with Gasteiger partial charge < -0.3 is 14.2 Å². The maximum absolute atomic E-state index is 12.4. The molecule has 29 heavy (non-hydrogen) atoms. The molecular formula is C20H21N5O4. The van der Waals surface area contributed by atoms with Crippen molar-refractivity contribution in [3.63, 3.8) is 0 Å². The summed E-state index contributed by atoms with van der Waals surface area (Å²) < 4.78 is 6.67. The van der Waals surface area contributed by atoms with Crippen LogP contribution in [0.1, 0.15) is 35.8 Å². The van der Waals surface area contributed by atoms with Crippen molar-refractivity contribution in [1.82, 2.24) is 14.5 Å². The van der Waals surface area contributed by atoms with Crippen LogP contribution in [0.2, 0.25) is 0 Å². The molecule has 2 rings (SSSR count). The summed E-state index contributed by atoms with van der Waals surface area (Å²) in [5.74, 6) is -1.17. The molecule has 0 saturated carbocycles. The summed E-state index contributed by atoms with van der Waals surface area (Å²) in [6.07, 6.45) is 0.250. The van der Waals surface area contributed by atoms with Crippen molar-refractivity contribution in [3.05, 3.63) is 39.8 Å². The zero-order valence-corrected chi connectivity index (χ0v) is 16.3. The summed E-state index contributed by atoms with van der Waals surface area (Å²) in [7, 11) is 0. The summed E-state index contributed by atoms with van der Waals surface area (Å²) in [5.41, 5.74) is 1.44. The lowest BCUT2D eigenvalue weighted by Crippen LogP contribution is -2.36. The second kappa shape index (κ2) is 10.00. The van der Waals surface area contributed by atoms with Crippen LogP contribution < -0.4 is 5.56 Å². The molecule has 0 aliphatic heterocycles. The summed E-state index contributed by atoms with van der Waals surface area (Å²) >= 11 is 0. The monoisotopic (exact) mass is 395 g/mol. The molecule has 1 aromatic heterocycles. The van der Waals surface area contributed by atoms with Crippen LogP contribution in [-0.2, 0) is 16.1 Å². The first kappa shape index (κ1) is 21.6. The second-order valence-electron chi connectivity index (χ2n) is 6.22. The van der Waals surface area contributed by atoms with Gasteiger partial charge in [0, 0.05) is 19.6 Å². The fourth-order valence-electron chi connectivity index (χ4n) is 2.85. The minimum atomic E-state index is -0.700. The van der Waals surface area contributed by atoms with Gasteiger partial charge in [0.25, 0.3) is 11.5 Å². The fraction of sp³-hybridized carbons (Fsp3) is 0.400. The summed E-state index contributed by atoms with van der Waals surface area (Å²) in [5, 5.41) is 17.4. The molecule has 1 amide bonds. The first-order valence-electron chi connectivity index (χ1n) is 9.12. The highest BCUT2D eigenvalue weighted by Crippen LogP contribution is 2.14. The van der Waals surface area contributed by atoms with E-state index in [9.17, 15) is 14.4 Å². The molecule has 0 atom stereocenters. The van der Waals surface area contributed by atoms with Crippen molar-refractivity contribution >= 4 is 22.9 Å². The van der Waals surface area contributed by atoms with Crippen LogP contribution >= 0.6 is 0 Å². The van der Waals surface area contributed by atoms with Crippen LogP contribution in [0.5, 0.6) is 0 Å². The van der Waals surface area contributed by atoms with Gasteiger partial charge in [-0.15, -0.1) is 0 Å². The van der Waals surface area contributed by atoms with E-state index in [0.717, 1.165) is 0 Å². The number of aryl methyl sites for hydroxylation is 2. The van der Waals surface area contributed by atoms with Gasteiger partial charge in [0.05, 0.1) is 41.6 Å². The summed E-state index contributed by atoms with van der Waals surface area (Å²) in [4.78, 5) is 42.3. The number of esters is 1. The molecule has 0 aliphatic carbocycles. The van der Waals surface area contributed by atoms with Crippen LogP contribution in [0.25, 0.3) is 11.0 Å². The van der Waals surface area contributed by atoms with Gasteiger partial charge in [-0.1, -0.05) is 0 Å². The molecule has 0 radical (unpaired) electrons. The van der Waals surface area contributed by atoms with Gasteiger partial charge in [-0.05, 0) is 32.0 Å². The van der Waals surface area contributed by atoms with E-state index in [0.29, 0.717) is 23.3 Å². The molecular weight excluding hydrogens is 374 g/mol. The Morgan fingerprint density at radius 2 is 1.86 bits per heavy atom. The van der Waals surface area contributed by atoms with E-state index in [2.05, 4.69) is 4.98 Å². The van der Waals surface area contributed by atoms with Gasteiger partial charge in [-0.2, -0.15) is 10.5 Å². The molecule has 1 heterocycles. The number of carbonyl (C=O) groups excluding carboxylic acids is 2. The zero-order valence-electron chi connectivity index (χ0n) is 16.3. The van der Waals surface area contributed by atoms with E-state index >= 15 is 0 Å². The fourth-order valence-corrected chi connectivity index (χ4v) is 2.85. The number of hydrogen-bond donors (Lipinski definition) is 0. The molecule has 0 aliphatic rings. The molecule has 0 N–H and O–H groups in total. The minimum Gasteiger partial charge on any atom is -0.452 e. The highest BCUT2D eigenvalue weighted by atomic mass is 16.5. The van der Waals surface area contributed by atoms with Gasteiger partial charge in [0.2, 0.25) is 0 Å². The Kier molecular flexibility index (Phi) is 7.44. The van der Waals surface area contributed by atoms with E-state index in [4.69, 9.17) is 15.3 Å². The number of nitrogens with zero attached hydrogens (tertiary/aromatic N) is 5. The number of rotatable bonds is 8. The Hall–Kier alpha value is -3.72. The molecule has 9 heteroatoms. The minimum absolute atomic E-state index is 0.125. The van der Waals surface area contributed by atoms with Crippen LogP contribution in [0.3, 0.4) is 0 Å². The van der Waals surface area contributed by atoms with Crippen molar-refractivity contribution in [3.8, 4) is 12.1 Å². The van der Waals surface area contributed by atoms with Crippen molar-refractivity contribution in [1.29, 1.82) is 10.5 Å². The lowest BCUT2D eigenvalue weighted by molar-refractivity contribution is -0.134. The Bertz CT molecular complexity index is 1040. The van der Waals surface area contributed by atoms with Gasteiger partial charge in [0.15, 0.2) is 6.61 Å². The van der Waals surface area contributed by atoms with E-state index in [1.807, 2.05) is 19.1 Å². The zero-order chi connectivity index (χ0) is 21.4. The average molecular weight is 395 g/mol. The maximum Gasteiger partial charge on any atom is 0.338 e. The SMILES string of the molecule is CCn1c(=O)c(C)nc2cc(C(=O)OCC(=O)N(CCC#N)CCC#N)ccc21. The third-order valence-corrected chi connectivity index (χ3v) is 4.33. The first-order valence-corrected chi connectivity index (χ1v) is 9.12. The predicted octanol–water partition coefficient (Wildman–Crippen LogP) is 1.54. The summed E-state index contributed by atoms with van der Waals surface area (Å²) in [6, 6.07) is 8.53. The molecule has 0 saturated heterocycles. The summed E-state index contributed by atoms with van der Waals surface area (Å²) in [6.45, 7) is 3.77.